The molecule has 0 aromatic heterocycles. The van der Waals surface area contributed by atoms with Crippen LogP contribution in [0, 0.1) is 5.92 Å². The molecule has 0 saturated heterocycles. The molecule has 0 nitrogen and oxygen atoms in total. The smallest absolute Gasteiger partial charge is 0.207 e. The molecule has 0 bridgehead atoms. The summed E-state index contributed by atoms with van der Waals surface area (Å²) in [5.41, 5.74) is 0. The second-order valence-corrected chi connectivity index (χ2v) is 4.09. The summed E-state index contributed by atoms with van der Waals surface area (Å²) in [7, 11) is 0. The van der Waals surface area contributed by atoms with E-state index >= 15 is 0 Å². The summed E-state index contributed by atoms with van der Waals surface area (Å²) >= 11 is 0. The topological polar surface area (TPSA) is 0 Å². The van der Waals surface area contributed by atoms with Crippen molar-refractivity contribution >= 4 is 0 Å². The Bertz CT molecular complexity index is 165. The Morgan fingerprint density at radius 1 is 1.07 bits per heavy atom. The van der Waals surface area contributed by atoms with Crippen molar-refractivity contribution in [3.8, 4) is 0 Å². The highest BCUT2D eigenvalue weighted by Crippen LogP contribution is 2.32. The van der Waals surface area contributed by atoms with E-state index in [0.717, 1.165) is 32.6 Å². The average molecular weight is 216 g/mol. The normalized spacial score (nSPS) is 11.7. The van der Waals surface area contributed by atoms with Crippen molar-refractivity contribution in [2.24, 2.45) is 5.92 Å². The van der Waals surface area contributed by atoms with Gasteiger partial charge in [-0.25, -0.2) is 8.78 Å². The van der Waals surface area contributed by atoms with Gasteiger partial charge in [-0.15, -0.1) is 13.2 Å². The van der Waals surface area contributed by atoms with E-state index in [1.165, 1.54) is 0 Å². The molecule has 0 aromatic rings. The first-order valence-electron chi connectivity index (χ1n) is 5.62. The third kappa shape index (κ3) is 7.29. The van der Waals surface area contributed by atoms with Gasteiger partial charge in [-0.2, -0.15) is 0 Å². The summed E-state index contributed by atoms with van der Waals surface area (Å²) in [6.07, 6.45) is 8.03. The van der Waals surface area contributed by atoms with Crippen molar-refractivity contribution in [1.29, 1.82) is 0 Å². The molecule has 0 radical (unpaired) electrons. The molecule has 0 saturated carbocycles. The van der Waals surface area contributed by atoms with Gasteiger partial charge in [0.05, 0.1) is 0 Å². The first kappa shape index (κ1) is 14.3. The zero-order valence-corrected chi connectivity index (χ0v) is 9.64. The Kier molecular flexibility index (Phi) is 7.27. The van der Waals surface area contributed by atoms with Gasteiger partial charge < -0.3 is 0 Å². The van der Waals surface area contributed by atoms with Gasteiger partial charge in [-0.05, 0) is 45.4 Å². The molecule has 0 unspecified atom stereocenters. The number of alkyl halides is 2. The number of hydrogen-bond acceptors (Lipinski definition) is 0. The lowest BCUT2D eigenvalue weighted by molar-refractivity contribution is -0.0470. The highest BCUT2D eigenvalue weighted by atomic mass is 19.3. The first-order valence-corrected chi connectivity index (χ1v) is 5.62. The molecule has 0 amide bonds. The molecule has 0 aliphatic rings. The quantitative estimate of drug-likeness (QED) is 0.377. The van der Waals surface area contributed by atoms with E-state index in [0.29, 0.717) is 12.8 Å². The van der Waals surface area contributed by atoms with Crippen molar-refractivity contribution < 1.29 is 8.78 Å². The first-order chi connectivity index (χ1) is 7.02. The van der Waals surface area contributed by atoms with Crippen LogP contribution in [0.5, 0.6) is 0 Å². The molecular weight excluding hydrogens is 194 g/mol. The molecule has 0 aliphatic carbocycles. The van der Waals surface area contributed by atoms with Crippen LogP contribution in [0.3, 0.4) is 0 Å². The van der Waals surface area contributed by atoms with Gasteiger partial charge in [-0.1, -0.05) is 12.2 Å². The average Bonchev–Trinajstić information content (AvgIpc) is 2.14. The van der Waals surface area contributed by atoms with Crippen LogP contribution in [0.25, 0.3) is 0 Å². The molecule has 88 valence electrons. The molecule has 2 heteroatoms. The Hall–Kier alpha value is -0.660. The van der Waals surface area contributed by atoms with Crippen LogP contribution >= 0.6 is 0 Å². The van der Waals surface area contributed by atoms with E-state index in [-0.39, 0.29) is 0 Å². The lowest BCUT2D eigenvalue weighted by atomic mass is 9.90. The minimum absolute atomic E-state index is 0.489. The van der Waals surface area contributed by atoms with Crippen LogP contribution in [0.4, 0.5) is 8.78 Å². The van der Waals surface area contributed by atoms with Gasteiger partial charge in [0, 0.05) is 5.92 Å². The van der Waals surface area contributed by atoms with Gasteiger partial charge in [0.25, 0.3) is 0 Å². The molecule has 0 spiro atoms. The Balaban J connectivity index is 3.95. The van der Waals surface area contributed by atoms with E-state index in [1.807, 2.05) is 0 Å². The number of hydrogen-bond donors (Lipinski definition) is 0. The van der Waals surface area contributed by atoms with Gasteiger partial charge in [0.2, 0.25) is 5.92 Å². The third-order valence-electron chi connectivity index (χ3n) is 2.64. The van der Waals surface area contributed by atoms with E-state index in [9.17, 15) is 8.78 Å². The van der Waals surface area contributed by atoms with E-state index in [1.54, 1.807) is 12.2 Å². The Labute approximate surface area is 92.1 Å². The molecule has 0 rings (SSSR count). The monoisotopic (exact) mass is 216 g/mol. The van der Waals surface area contributed by atoms with Crippen LogP contribution in [-0.2, 0) is 0 Å². The molecule has 0 fully saturated rings. The zero-order valence-electron chi connectivity index (χ0n) is 9.64. The van der Waals surface area contributed by atoms with E-state index in [2.05, 4.69) is 13.2 Å². The fourth-order valence-electron chi connectivity index (χ4n) is 1.67. The predicted octanol–water partition coefficient (Wildman–Crippen LogP) is 4.97. The predicted molar refractivity (Wildman–Crippen MR) is 62.2 cm³/mol. The molecule has 0 aliphatic heterocycles. The number of allylic oxidation sites excluding steroid dienone is 2. The fourth-order valence-corrected chi connectivity index (χ4v) is 1.67. The highest BCUT2D eigenvalue weighted by Gasteiger charge is 2.32. The third-order valence-corrected chi connectivity index (χ3v) is 2.64. The van der Waals surface area contributed by atoms with Crippen LogP contribution < -0.4 is 0 Å². The maximum Gasteiger partial charge on any atom is 0.248 e. The molecule has 0 heterocycles. The zero-order chi connectivity index (χ0) is 11.7. The molecular formula is C13H22F2. The van der Waals surface area contributed by atoms with Crippen molar-refractivity contribution in [3.63, 3.8) is 0 Å². The second-order valence-electron chi connectivity index (χ2n) is 4.09. The summed E-state index contributed by atoms with van der Waals surface area (Å²) in [6, 6.07) is 0. The Morgan fingerprint density at radius 2 is 1.47 bits per heavy atom. The molecule has 0 N–H and O–H groups in total. The van der Waals surface area contributed by atoms with Gasteiger partial charge in [0.1, 0.15) is 0 Å². The number of unbranched alkanes of at least 4 members (excludes halogenated alkanes) is 2. The summed E-state index contributed by atoms with van der Waals surface area (Å²) in [4.78, 5) is 0. The highest BCUT2D eigenvalue weighted by molar-refractivity contribution is 4.76. The van der Waals surface area contributed by atoms with E-state index in [4.69, 9.17) is 0 Å². The summed E-state index contributed by atoms with van der Waals surface area (Å²) in [5.74, 6) is -3.04. The number of rotatable bonds is 9. The van der Waals surface area contributed by atoms with Crippen LogP contribution in [0.2, 0.25) is 0 Å². The van der Waals surface area contributed by atoms with Gasteiger partial charge in [-0.3, -0.25) is 0 Å². The van der Waals surface area contributed by atoms with Gasteiger partial charge in [0.15, 0.2) is 0 Å². The minimum Gasteiger partial charge on any atom is -0.207 e. The standard InChI is InChI=1S/C13H22F2/c1-4-6-8-10-12(13(3,14)15)11-9-7-5-2/h4-5,12H,1-2,6-11H2,3H3. The summed E-state index contributed by atoms with van der Waals surface area (Å²) in [5, 5.41) is 0. The van der Waals surface area contributed by atoms with Crippen LogP contribution in [0.1, 0.15) is 45.4 Å². The Morgan fingerprint density at radius 3 is 1.73 bits per heavy atom. The lowest BCUT2D eigenvalue weighted by Gasteiger charge is -2.23. The fraction of sp³-hybridized carbons (Fsp3) is 0.692. The van der Waals surface area contributed by atoms with Crippen LogP contribution in [-0.4, -0.2) is 5.92 Å². The van der Waals surface area contributed by atoms with Crippen molar-refractivity contribution in [2.45, 2.75) is 51.4 Å². The maximum atomic E-state index is 13.2. The van der Waals surface area contributed by atoms with Crippen LogP contribution in [0.15, 0.2) is 25.3 Å². The van der Waals surface area contributed by atoms with Gasteiger partial charge >= 0.3 is 0 Å². The molecule has 15 heavy (non-hydrogen) atoms. The van der Waals surface area contributed by atoms with E-state index < -0.39 is 11.8 Å². The van der Waals surface area contributed by atoms with Crippen molar-refractivity contribution in [2.75, 3.05) is 0 Å². The summed E-state index contributed by atoms with van der Waals surface area (Å²) < 4.78 is 26.4. The second kappa shape index (κ2) is 7.61. The van der Waals surface area contributed by atoms with Crippen molar-refractivity contribution in [3.05, 3.63) is 25.3 Å². The number of halogens is 2. The lowest BCUT2D eigenvalue weighted by Crippen LogP contribution is -2.24. The van der Waals surface area contributed by atoms with Crippen molar-refractivity contribution in [1.82, 2.24) is 0 Å². The molecule has 0 atom stereocenters. The largest absolute Gasteiger partial charge is 0.248 e. The maximum absolute atomic E-state index is 13.2. The minimum atomic E-state index is -2.55. The molecule has 0 aromatic carbocycles. The summed E-state index contributed by atoms with van der Waals surface area (Å²) in [6.45, 7) is 8.22. The SMILES string of the molecule is C=CCCCC(CCCC=C)C(C)(F)F.